The van der Waals surface area contributed by atoms with E-state index in [2.05, 4.69) is 0 Å². The summed E-state index contributed by atoms with van der Waals surface area (Å²) in [6, 6.07) is 7.78. The van der Waals surface area contributed by atoms with Gasteiger partial charge in [-0.15, -0.1) is 0 Å². The lowest BCUT2D eigenvalue weighted by Gasteiger charge is -2.37. The lowest BCUT2D eigenvalue weighted by molar-refractivity contribution is -0.0213. The Bertz CT molecular complexity index is 422. The van der Waals surface area contributed by atoms with Gasteiger partial charge in [-0.1, -0.05) is 29.8 Å². The topological polar surface area (TPSA) is 60.8 Å². The van der Waals surface area contributed by atoms with Crippen molar-refractivity contribution in [3.8, 4) is 0 Å². The Labute approximate surface area is 100 Å². The second-order valence-electron chi connectivity index (χ2n) is 4.67. The van der Waals surface area contributed by atoms with Crippen LogP contribution in [0.15, 0.2) is 24.3 Å². The minimum atomic E-state index is -0.906. The van der Waals surface area contributed by atoms with Crippen LogP contribution >= 0.6 is 0 Å². The molecular formula is C13H17NO3. The minimum absolute atomic E-state index is 0.389. The lowest BCUT2D eigenvalue weighted by Crippen LogP contribution is -2.44. The molecule has 0 atom stereocenters. The first-order chi connectivity index (χ1) is 8.01. The molecule has 1 saturated heterocycles. The van der Waals surface area contributed by atoms with Crippen LogP contribution in [0.2, 0.25) is 0 Å². The molecule has 4 nitrogen and oxygen atoms in total. The number of rotatable bonds is 1. The molecule has 1 heterocycles. The molecule has 1 amide bonds. The zero-order chi connectivity index (χ0) is 12.5. The van der Waals surface area contributed by atoms with E-state index < -0.39 is 11.7 Å². The summed E-state index contributed by atoms with van der Waals surface area (Å²) < 4.78 is 0. The van der Waals surface area contributed by atoms with Crippen LogP contribution in [-0.2, 0) is 5.60 Å². The molecule has 0 unspecified atom stereocenters. The number of carbonyl (C=O) groups is 1. The molecule has 1 aromatic carbocycles. The van der Waals surface area contributed by atoms with Crippen molar-refractivity contribution in [1.29, 1.82) is 0 Å². The van der Waals surface area contributed by atoms with Crippen LogP contribution in [0.4, 0.5) is 4.79 Å². The Balaban J connectivity index is 2.14. The highest BCUT2D eigenvalue weighted by atomic mass is 16.4. The third kappa shape index (κ3) is 2.42. The second-order valence-corrected chi connectivity index (χ2v) is 4.67. The number of hydrogen-bond acceptors (Lipinski definition) is 2. The van der Waals surface area contributed by atoms with E-state index in [1.54, 1.807) is 0 Å². The van der Waals surface area contributed by atoms with E-state index in [0.29, 0.717) is 25.9 Å². The maximum Gasteiger partial charge on any atom is 0.407 e. The van der Waals surface area contributed by atoms with E-state index in [9.17, 15) is 9.90 Å². The number of hydrogen-bond donors (Lipinski definition) is 2. The van der Waals surface area contributed by atoms with Gasteiger partial charge in [-0.05, 0) is 25.3 Å². The normalized spacial score (nSPS) is 19.1. The molecule has 0 aromatic heterocycles. The molecular weight excluding hydrogens is 218 g/mol. The number of carboxylic acid groups (broad SMARTS) is 1. The standard InChI is InChI=1S/C13H17NO3/c1-10-3-2-4-11(9-10)13(17)5-7-14(8-6-13)12(15)16/h2-4,9,17H,5-8H2,1H3,(H,15,16). The smallest absolute Gasteiger partial charge is 0.407 e. The molecule has 0 bridgehead atoms. The van der Waals surface area contributed by atoms with Crippen LogP contribution in [0.25, 0.3) is 0 Å². The van der Waals surface area contributed by atoms with Crippen LogP contribution in [0.1, 0.15) is 24.0 Å². The van der Waals surface area contributed by atoms with Crippen molar-refractivity contribution in [2.45, 2.75) is 25.4 Å². The van der Waals surface area contributed by atoms with E-state index in [-0.39, 0.29) is 0 Å². The van der Waals surface area contributed by atoms with Crippen LogP contribution in [0.3, 0.4) is 0 Å². The van der Waals surface area contributed by atoms with Crippen molar-refractivity contribution >= 4 is 6.09 Å². The maximum atomic E-state index is 10.8. The third-order valence-electron chi connectivity index (χ3n) is 3.42. The molecule has 17 heavy (non-hydrogen) atoms. The number of likely N-dealkylation sites (tertiary alicyclic amines) is 1. The minimum Gasteiger partial charge on any atom is -0.465 e. The summed E-state index contributed by atoms with van der Waals surface area (Å²) in [4.78, 5) is 12.2. The average molecular weight is 235 g/mol. The monoisotopic (exact) mass is 235 g/mol. The fraction of sp³-hybridized carbons (Fsp3) is 0.462. The van der Waals surface area contributed by atoms with Crippen LogP contribution in [0, 0.1) is 6.92 Å². The van der Waals surface area contributed by atoms with Gasteiger partial charge in [-0.3, -0.25) is 0 Å². The molecule has 1 aromatic rings. The third-order valence-corrected chi connectivity index (χ3v) is 3.42. The van der Waals surface area contributed by atoms with Crippen LogP contribution in [0.5, 0.6) is 0 Å². The summed E-state index contributed by atoms with van der Waals surface area (Å²) in [6.07, 6.45) is 0.0159. The van der Waals surface area contributed by atoms with Crippen LogP contribution < -0.4 is 0 Å². The number of aryl methyl sites for hydroxylation is 1. The molecule has 1 aliphatic rings. The highest BCUT2D eigenvalue weighted by Crippen LogP contribution is 2.33. The number of piperidine rings is 1. The van der Waals surface area contributed by atoms with Gasteiger partial charge in [-0.2, -0.15) is 0 Å². The fourth-order valence-electron chi connectivity index (χ4n) is 2.29. The summed E-state index contributed by atoms with van der Waals surface area (Å²) in [5.74, 6) is 0. The number of nitrogens with zero attached hydrogens (tertiary/aromatic N) is 1. The predicted octanol–water partition coefficient (Wildman–Crippen LogP) is 1.96. The first-order valence-corrected chi connectivity index (χ1v) is 5.79. The van der Waals surface area contributed by atoms with E-state index in [4.69, 9.17) is 5.11 Å². The number of amides is 1. The predicted molar refractivity (Wildman–Crippen MR) is 63.9 cm³/mol. The first-order valence-electron chi connectivity index (χ1n) is 5.79. The Hall–Kier alpha value is -1.55. The van der Waals surface area contributed by atoms with Crippen LogP contribution in [-0.4, -0.2) is 34.3 Å². The Morgan fingerprint density at radius 3 is 2.53 bits per heavy atom. The van der Waals surface area contributed by atoms with Gasteiger partial charge in [0.1, 0.15) is 0 Å². The van der Waals surface area contributed by atoms with Gasteiger partial charge in [0.05, 0.1) is 5.60 Å². The van der Waals surface area contributed by atoms with Gasteiger partial charge in [0.15, 0.2) is 0 Å². The number of benzene rings is 1. The van der Waals surface area contributed by atoms with Crippen molar-refractivity contribution in [2.75, 3.05) is 13.1 Å². The van der Waals surface area contributed by atoms with Gasteiger partial charge < -0.3 is 15.1 Å². The summed E-state index contributed by atoms with van der Waals surface area (Å²) in [6.45, 7) is 2.76. The zero-order valence-corrected chi connectivity index (χ0v) is 9.89. The molecule has 0 spiro atoms. The van der Waals surface area contributed by atoms with Gasteiger partial charge >= 0.3 is 6.09 Å². The van der Waals surface area contributed by atoms with Gasteiger partial charge in [0, 0.05) is 13.1 Å². The fourth-order valence-corrected chi connectivity index (χ4v) is 2.29. The lowest BCUT2D eigenvalue weighted by atomic mass is 9.84. The SMILES string of the molecule is Cc1cccc(C2(O)CCN(C(=O)O)CC2)c1. The zero-order valence-electron chi connectivity index (χ0n) is 9.89. The van der Waals surface area contributed by atoms with Gasteiger partial charge in [-0.25, -0.2) is 4.79 Å². The van der Waals surface area contributed by atoms with E-state index in [1.165, 1.54) is 4.90 Å². The Kier molecular flexibility index (Phi) is 3.07. The molecule has 92 valence electrons. The van der Waals surface area contributed by atoms with E-state index in [0.717, 1.165) is 11.1 Å². The summed E-state index contributed by atoms with van der Waals surface area (Å²) in [7, 11) is 0. The van der Waals surface area contributed by atoms with Crippen molar-refractivity contribution in [3.63, 3.8) is 0 Å². The van der Waals surface area contributed by atoms with E-state index in [1.807, 2.05) is 31.2 Å². The highest BCUT2D eigenvalue weighted by Gasteiger charge is 2.35. The van der Waals surface area contributed by atoms with Crippen molar-refractivity contribution < 1.29 is 15.0 Å². The molecule has 2 N–H and O–H groups in total. The van der Waals surface area contributed by atoms with Gasteiger partial charge in [0.2, 0.25) is 0 Å². The van der Waals surface area contributed by atoms with Gasteiger partial charge in [0.25, 0.3) is 0 Å². The van der Waals surface area contributed by atoms with Crippen molar-refractivity contribution in [3.05, 3.63) is 35.4 Å². The largest absolute Gasteiger partial charge is 0.465 e. The van der Waals surface area contributed by atoms with Crippen molar-refractivity contribution in [2.24, 2.45) is 0 Å². The second kappa shape index (κ2) is 4.37. The molecule has 1 aliphatic heterocycles. The van der Waals surface area contributed by atoms with E-state index >= 15 is 0 Å². The molecule has 0 radical (unpaired) electrons. The number of aliphatic hydroxyl groups is 1. The Morgan fingerprint density at radius 1 is 1.35 bits per heavy atom. The molecule has 4 heteroatoms. The Morgan fingerprint density at radius 2 is 2.00 bits per heavy atom. The van der Waals surface area contributed by atoms with Crippen molar-refractivity contribution in [1.82, 2.24) is 4.90 Å². The summed E-state index contributed by atoms with van der Waals surface area (Å²) >= 11 is 0. The molecule has 1 fully saturated rings. The average Bonchev–Trinajstić information content (AvgIpc) is 2.29. The summed E-state index contributed by atoms with van der Waals surface area (Å²) in [5, 5.41) is 19.4. The summed E-state index contributed by atoms with van der Waals surface area (Å²) in [5.41, 5.74) is 1.12. The first kappa shape index (κ1) is 11.9. The maximum absolute atomic E-state index is 10.8. The quantitative estimate of drug-likeness (QED) is 0.782. The molecule has 0 saturated carbocycles. The molecule has 0 aliphatic carbocycles. The molecule has 2 rings (SSSR count). The highest BCUT2D eigenvalue weighted by molar-refractivity contribution is 5.65.